The van der Waals surface area contributed by atoms with E-state index in [1.165, 1.54) is 0 Å². The van der Waals surface area contributed by atoms with E-state index in [9.17, 15) is 9.59 Å². The third kappa shape index (κ3) is 3.78. The minimum atomic E-state index is -0.590. The summed E-state index contributed by atoms with van der Waals surface area (Å²) in [5, 5.41) is 1.35. The highest BCUT2D eigenvalue weighted by molar-refractivity contribution is 6.32. The zero-order valence-electron chi connectivity index (χ0n) is 16.9. The number of hydrogen-bond donors (Lipinski definition) is 2. The van der Waals surface area contributed by atoms with E-state index >= 15 is 0 Å². The number of carbonyl (C=O) groups excluding carboxylic acids is 1. The molecule has 1 aromatic carbocycles. The smallest absolute Gasteiger partial charge is 0.267 e. The largest absolute Gasteiger partial charge is 0.372 e. The summed E-state index contributed by atoms with van der Waals surface area (Å²) in [6.45, 7) is 5.00. The molecule has 0 atom stereocenters. The van der Waals surface area contributed by atoms with E-state index in [4.69, 9.17) is 22.1 Å². The maximum absolute atomic E-state index is 12.3. The van der Waals surface area contributed by atoms with E-state index in [1.807, 2.05) is 0 Å². The summed E-state index contributed by atoms with van der Waals surface area (Å²) >= 11 is 6.27. The van der Waals surface area contributed by atoms with Gasteiger partial charge in [-0.2, -0.15) is 0 Å². The highest BCUT2D eigenvalue weighted by Gasteiger charge is 2.22. The Morgan fingerprint density at radius 3 is 2.65 bits per heavy atom. The fourth-order valence-electron chi connectivity index (χ4n) is 4.33. The molecule has 0 aliphatic carbocycles. The normalized spacial score (nSPS) is 16.6. The van der Waals surface area contributed by atoms with Crippen LogP contribution in [0.25, 0.3) is 10.9 Å². The first kappa shape index (κ1) is 20.0. The van der Waals surface area contributed by atoms with Crippen LogP contribution in [0.5, 0.6) is 0 Å². The monoisotopic (exact) mass is 439 g/mol. The molecular formula is C22H22ClN5O3. The second kappa shape index (κ2) is 7.96. The predicted octanol–water partition coefficient (Wildman–Crippen LogP) is 2.03. The number of nitrogens with two attached hydrogens (primary N) is 1. The first-order chi connectivity index (χ1) is 15.0. The Hall–Kier alpha value is -2.94. The van der Waals surface area contributed by atoms with Gasteiger partial charge in [0.1, 0.15) is 5.69 Å². The van der Waals surface area contributed by atoms with Crippen molar-refractivity contribution in [3.8, 4) is 0 Å². The van der Waals surface area contributed by atoms with Gasteiger partial charge in [-0.15, -0.1) is 0 Å². The number of aromatic amines is 1. The molecular weight excluding hydrogens is 418 g/mol. The number of primary amides is 1. The van der Waals surface area contributed by atoms with Crippen molar-refractivity contribution in [2.75, 3.05) is 31.1 Å². The fraction of sp³-hybridized carbons (Fsp3) is 0.318. The molecule has 2 aromatic heterocycles. The van der Waals surface area contributed by atoms with Crippen molar-refractivity contribution >= 4 is 34.1 Å². The number of aromatic nitrogens is 2. The molecule has 160 valence electrons. The topological polar surface area (TPSA) is 105 Å². The molecule has 0 saturated carbocycles. The number of ether oxygens (including phenoxy) is 1. The first-order valence-electron chi connectivity index (χ1n) is 10.2. The number of anilines is 1. The molecule has 31 heavy (non-hydrogen) atoms. The number of rotatable bonds is 4. The Balaban J connectivity index is 1.28. The van der Waals surface area contributed by atoms with E-state index < -0.39 is 5.91 Å². The van der Waals surface area contributed by atoms with Gasteiger partial charge in [0.05, 0.1) is 18.9 Å². The number of hydrogen-bond acceptors (Lipinski definition) is 6. The van der Waals surface area contributed by atoms with Crippen LogP contribution in [0.2, 0.25) is 5.15 Å². The van der Waals surface area contributed by atoms with Crippen molar-refractivity contribution in [3.05, 3.63) is 68.2 Å². The van der Waals surface area contributed by atoms with Gasteiger partial charge in [-0.1, -0.05) is 23.7 Å². The number of H-pyrrole nitrogens is 1. The molecule has 3 aromatic rings. The van der Waals surface area contributed by atoms with E-state index in [0.29, 0.717) is 18.4 Å². The lowest BCUT2D eigenvalue weighted by atomic mass is 10.0. The Labute approximate surface area is 183 Å². The predicted molar refractivity (Wildman–Crippen MR) is 118 cm³/mol. The van der Waals surface area contributed by atoms with Crippen molar-refractivity contribution in [1.29, 1.82) is 0 Å². The number of nitrogens with zero attached hydrogens (tertiary/aromatic N) is 3. The number of carbonyl (C=O) groups is 1. The Morgan fingerprint density at radius 1 is 1.13 bits per heavy atom. The van der Waals surface area contributed by atoms with E-state index in [-0.39, 0.29) is 11.3 Å². The Kier molecular flexibility index (Phi) is 5.13. The van der Waals surface area contributed by atoms with E-state index in [0.717, 1.165) is 66.0 Å². The average molecular weight is 440 g/mol. The van der Waals surface area contributed by atoms with Gasteiger partial charge in [0.2, 0.25) is 0 Å². The lowest BCUT2D eigenvalue weighted by Crippen LogP contribution is -2.46. The standard InChI is InChI=1S/C22H22ClN5O3/c23-20-19(4-3-17(25-20)21(24)29)28-7-5-27(6-8-28)10-13-1-2-14-15-11-31-12-16(15)22(30)26-18(14)9-13/h1-4,9H,5-8,10-12H2,(H2,24,29)(H,26,30). The minimum absolute atomic E-state index is 0.0568. The fourth-order valence-corrected chi connectivity index (χ4v) is 4.61. The lowest BCUT2D eigenvalue weighted by Gasteiger charge is -2.36. The zero-order chi connectivity index (χ0) is 21.5. The Morgan fingerprint density at radius 2 is 1.90 bits per heavy atom. The third-order valence-electron chi connectivity index (χ3n) is 5.99. The minimum Gasteiger partial charge on any atom is -0.372 e. The van der Waals surface area contributed by atoms with Gasteiger partial charge in [-0.05, 0) is 29.3 Å². The number of halogens is 1. The van der Waals surface area contributed by atoms with Crippen LogP contribution in [-0.2, 0) is 24.5 Å². The number of nitrogens with one attached hydrogen (secondary N) is 1. The number of benzene rings is 1. The molecule has 0 bridgehead atoms. The van der Waals surface area contributed by atoms with Crippen molar-refractivity contribution in [2.24, 2.45) is 5.73 Å². The quantitative estimate of drug-likeness (QED) is 0.603. The molecule has 0 radical (unpaired) electrons. The van der Waals surface area contributed by atoms with Gasteiger partial charge >= 0.3 is 0 Å². The number of amides is 1. The summed E-state index contributed by atoms with van der Waals surface area (Å²) in [6.07, 6.45) is 0. The maximum atomic E-state index is 12.3. The Bertz CT molecular complexity index is 1230. The maximum Gasteiger partial charge on any atom is 0.267 e. The third-order valence-corrected chi connectivity index (χ3v) is 6.27. The average Bonchev–Trinajstić information content (AvgIpc) is 3.25. The molecule has 5 rings (SSSR count). The number of fused-ring (bicyclic) bond motifs is 3. The molecule has 1 amide bonds. The molecule has 1 saturated heterocycles. The van der Waals surface area contributed by atoms with Gasteiger partial charge < -0.3 is 20.4 Å². The van der Waals surface area contributed by atoms with Crippen LogP contribution in [0.15, 0.2) is 35.1 Å². The second-order valence-corrected chi connectivity index (χ2v) is 8.28. The molecule has 0 unspecified atom stereocenters. The summed E-state index contributed by atoms with van der Waals surface area (Å²) in [7, 11) is 0. The molecule has 0 spiro atoms. The lowest BCUT2D eigenvalue weighted by molar-refractivity contribution is 0.0995. The van der Waals surface area contributed by atoms with Crippen LogP contribution in [0.3, 0.4) is 0 Å². The highest BCUT2D eigenvalue weighted by atomic mass is 35.5. The first-order valence-corrected chi connectivity index (χ1v) is 10.6. The highest BCUT2D eigenvalue weighted by Crippen LogP contribution is 2.27. The molecule has 9 heteroatoms. The molecule has 4 heterocycles. The molecule has 3 N–H and O–H groups in total. The van der Waals surface area contributed by atoms with Crippen LogP contribution in [0.4, 0.5) is 5.69 Å². The van der Waals surface area contributed by atoms with E-state index in [2.05, 4.69) is 38.0 Å². The van der Waals surface area contributed by atoms with Crippen LogP contribution < -0.4 is 16.2 Å². The van der Waals surface area contributed by atoms with Crippen LogP contribution in [0, 0.1) is 0 Å². The molecule has 2 aliphatic heterocycles. The summed E-state index contributed by atoms with van der Waals surface area (Å²) in [4.78, 5) is 35.2. The van der Waals surface area contributed by atoms with Crippen molar-refractivity contribution < 1.29 is 9.53 Å². The van der Waals surface area contributed by atoms with Gasteiger partial charge in [0, 0.05) is 49.2 Å². The summed E-state index contributed by atoms with van der Waals surface area (Å²) in [6, 6.07) is 9.66. The number of piperazine rings is 1. The van der Waals surface area contributed by atoms with Crippen molar-refractivity contribution in [3.63, 3.8) is 0 Å². The molecule has 1 fully saturated rings. The second-order valence-electron chi connectivity index (χ2n) is 7.92. The zero-order valence-corrected chi connectivity index (χ0v) is 17.6. The molecule has 2 aliphatic rings. The molecule has 8 nitrogen and oxygen atoms in total. The van der Waals surface area contributed by atoms with Gasteiger partial charge in [-0.25, -0.2) is 4.98 Å². The van der Waals surface area contributed by atoms with Crippen LogP contribution in [-0.4, -0.2) is 47.0 Å². The van der Waals surface area contributed by atoms with Gasteiger partial charge in [-0.3, -0.25) is 14.5 Å². The summed E-state index contributed by atoms with van der Waals surface area (Å²) < 4.78 is 5.46. The summed E-state index contributed by atoms with van der Waals surface area (Å²) in [5.41, 5.74) is 9.95. The van der Waals surface area contributed by atoms with Crippen molar-refractivity contribution in [1.82, 2.24) is 14.9 Å². The summed E-state index contributed by atoms with van der Waals surface area (Å²) in [5.74, 6) is -0.590. The van der Waals surface area contributed by atoms with Gasteiger partial charge in [0.15, 0.2) is 5.15 Å². The van der Waals surface area contributed by atoms with Crippen LogP contribution in [0.1, 0.15) is 27.2 Å². The van der Waals surface area contributed by atoms with E-state index in [1.54, 1.807) is 12.1 Å². The number of pyridine rings is 2. The SMILES string of the molecule is NC(=O)c1ccc(N2CCN(Cc3ccc4c5c(c(=O)[nH]c4c3)COC5)CC2)c(Cl)n1. The van der Waals surface area contributed by atoms with Gasteiger partial charge in [0.25, 0.3) is 11.5 Å². The van der Waals surface area contributed by atoms with Crippen molar-refractivity contribution in [2.45, 2.75) is 19.8 Å². The van der Waals surface area contributed by atoms with Crippen LogP contribution >= 0.6 is 11.6 Å².